The molecule has 1 aromatic heterocycles. The van der Waals surface area contributed by atoms with E-state index in [1.807, 2.05) is 38.1 Å². The Labute approximate surface area is 202 Å². The Morgan fingerprint density at radius 3 is 2.84 bits per heavy atom. The van der Waals surface area contributed by atoms with Gasteiger partial charge in [-0.3, -0.25) is 4.79 Å². The number of halogens is 2. The molecule has 1 heterocycles. The van der Waals surface area contributed by atoms with E-state index in [-0.39, 0.29) is 18.1 Å². The van der Waals surface area contributed by atoms with Gasteiger partial charge in [-0.05, 0) is 64.9 Å². The fourth-order valence-corrected chi connectivity index (χ4v) is 4.10. The molecule has 0 aliphatic carbocycles. The highest BCUT2D eigenvalue weighted by atomic mass is 127. The Balaban J connectivity index is 2.12. The lowest BCUT2D eigenvalue weighted by atomic mass is 10.1. The number of rotatable bonds is 7. The minimum atomic E-state index is -0.228. The predicted molar refractivity (Wildman–Crippen MR) is 132 cm³/mol. The molecule has 1 atom stereocenters. The maximum absolute atomic E-state index is 13.2. The topological polar surface area (TPSA) is 89.5 Å². The summed E-state index contributed by atoms with van der Waals surface area (Å²) in [5, 5.41) is 13.7. The molecular weight excluding hydrogens is 575 g/mol. The number of ether oxygens (including phenoxy) is 2. The summed E-state index contributed by atoms with van der Waals surface area (Å²) in [4.78, 5) is 17.9. The average Bonchev–Trinajstić information content (AvgIpc) is 2.77. The summed E-state index contributed by atoms with van der Waals surface area (Å²) in [5.74, 6) is 1.64. The fourth-order valence-electron chi connectivity index (χ4n) is 2.96. The molecule has 0 saturated heterocycles. The molecule has 9 heteroatoms. The minimum absolute atomic E-state index is 0.0503. The van der Waals surface area contributed by atoms with E-state index in [4.69, 9.17) is 19.7 Å². The van der Waals surface area contributed by atoms with Crippen LogP contribution in [0.5, 0.6) is 11.5 Å². The second-order valence-corrected chi connectivity index (χ2v) is 8.86. The average molecular weight is 595 g/mol. The van der Waals surface area contributed by atoms with Crippen LogP contribution < -0.4 is 15.0 Å². The van der Waals surface area contributed by atoms with Crippen molar-refractivity contribution in [3.8, 4) is 17.6 Å². The van der Waals surface area contributed by atoms with E-state index in [1.165, 1.54) is 11.8 Å². The lowest BCUT2D eigenvalue weighted by Gasteiger charge is -2.14. The first kappa shape index (κ1) is 23.2. The van der Waals surface area contributed by atoms with Crippen molar-refractivity contribution >= 4 is 55.6 Å². The van der Waals surface area contributed by atoms with Gasteiger partial charge in [0.2, 0.25) is 0 Å². The molecule has 0 bridgehead atoms. The number of methoxy groups -OCH3 is 1. The molecule has 7 nitrogen and oxygen atoms in total. The van der Waals surface area contributed by atoms with Crippen molar-refractivity contribution in [1.29, 1.82) is 5.26 Å². The van der Waals surface area contributed by atoms with Crippen LogP contribution in [0.4, 0.5) is 0 Å². The zero-order chi connectivity index (χ0) is 22.5. The second-order valence-electron chi connectivity index (χ2n) is 6.78. The lowest BCUT2D eigenvalue weighted by molar-refractivity contribution is 0.327. The fraction of sp³-hybridized carbons (Fsp3) is 0.273. The standard InChI is InChI=1S/C22H20BrIN4O3/c1-4-13(2)21-27-18-6-5-15(23)11-16(18)22(29)28(21)26-12-14-9-17(24)20(31-8-7-25)19(10-14)30-3/h5-6,9-13H,4,8H2,1-3H3/t13-/m0/s1. The smallest absolute Gasteiger partial charge is 0.282 e. The first-order valence-electron chi connectivity index (χ1n) is 9.53. The van der Waals surface area contributed by atoms with Crippen LogP contribution in [0, 0.1) is 14.9 Å². The van der Waals surface area contributed by atoms with Gasteiger partial charge < -0.3 is 9.47 Å². The highest BCUT2D eigenvalue weighted by Gasteiger charge is 2.16. The molecule has 0 radical (unpaired) electrons. The van der Waals surface area contributed by atoms with Gasteiger partial charge in [0.15, 0.2) is 18.1 Å². The maximum atomic E-state index is 13.2. The number of nitrogens with zero attached hydrogens (tertiary/aromatic N) is 4. The van der Waals surface area contributed by atoms with Crippen LogP contribution in [-0.4, -0.2) is 29.6 Å². The molecule has 0 spiro atoms. The van der Waals surface area contributed by atoms with Gasteiger partial charge in [0.1, 0.15) is 11.9 Å². The first-order chi connectivity index (χ1) is 14.9. The molecule has 0 amide bonds. The number of hydrogen-bond acceptors (Lipinski definition) is 6. The van der Waals surface area contributed by atoms with Crippen molar-refractivity contribution in [2.45, 2.75) is 26.2 Å². The van der Waals surface area contributed by atoms with Crippen molar-refractivity contribution in [3.05, 3.63) is 60.1 Å². The molecule has 0 aliphatic heterocycles. The predicted octanol–water partition coefficient (Wildman–Crippen LogP) is 5.07. The van der Waals surface area contributed by atoms with E-state index in [2.05, 4.69) is 43.6 Å². The third kappa shape index (κ3) is 5.07. The zero-order valence-corrected chi connectivity index (χ0v) is 21.0. The SMILES string of the molecule is CC[C@H](C)c1nc2ccc(Br)cc2c(=O)n1N=Cc1cc(I)c(OCC#N)c(OC)c1. The summed E-state index contributed by atoms with van der Waals surface area (Å²) >= 11 is 5.53. The highest BCUT2D eigenvalue weighted by Crippen LogP contribution is 2.33. The summed E-state index contributed by atoms with van der Waals surface area (Å²) in [6.45, 7) is 3.99. The van der Waals surface area contributed by atoms with Gasteiger partial charge in [-0.15, -0.1) is 0 Å². The first-order valence-corrected chi connectivity index (χ1v) is 11.4. The number of fused-ring (bicyclic) bond motifs is 1. The summed E-state index contributed by atoms with van der Waals surface area (Å²) < 4.78 is 13.8. The van der Waals surface area contributed by atoms with Crippen molar-refractivity contribution in [1.82, 2.24) is 9.66 Å². The number of hydrogen-bond donors (Lipinski definition) is 0. The largest absolute Gasteiger partial charge is 0.493 e. The number of benzene rings is 2. The third-order valence-electron chi connectivity index (χ3n) is 4.74. The molecule has 160 valence electrons. The lowest BCUT2D eigenvalue weighted by Crippen LogP contribution is -2.23. The van der Waals surface area contributed by atoms with Crippen LogP contribution in [0.25, 0.3) is 10.9 Å². The van der Waals surface area contributed by atoms with E-state index in [0.717, 1.165) is 20.0 Å². The Morgan fingerprint density at radius 2 is 2.16 bits per heavy atom. The summed E-state index contributed by atoms with van der Waals surface area (Å²) in [6, 6.07) is 11.0. The van der Waals surface area contributed by atoms with Gasteiger partial charge in [0.25, 0.3) is 5.56 Å². The third-order valence-corrected chi connectivity index (χ3v) is 6.04. The van der Waals surface area contributed by atoms with Crippen molar-refractivity contribution in [2.75, 3.05) is 13.7 Å². The molecule has 0 N–H and O–H groups in total. The highest BCUT2D eigenvalue weighted by molar-refractivity contribution is 14.1. The van der Waals surface area contributed by atoms with Crippen LogP contribution in [0.15, 0.2) is 44.7 Å². The molecule has 3 rings (SSSR count). The summed E-state index contributed by atoms with van der Waals surface area (Å²) in [6.07, 6.45) is 2.41. The van der Waals surface area contributed by atoms with E-state index in [9.17, 15) is 4.79 Å². The van der Waals surface area contributed by atoms with Crippen LogP contribution in [0.2, 0.25) is 0 Å². The van der Waals surface area contributed by atoms with Crippen LogP contribution in [0.3, 0.4) is 0 Å². The number of nitriles is 1. The summed E-state index contributed by atoms with van der Waals surface area (Å²) in [5.41, 5.74) is 1.14. The van der Waals surface area contributed by atoms with Crippen molar-refractivity contribution < 1.29 is 9.47 Å². The molecule has 0 fully saturated rings. The Kier molecular flexibility index (Phi) is 7.67. The monoisotopic (exact) mass is 594 g/mol. The molecular formula is C22H20BrIN4O3. The summed E-state index contributed by atoms with van der Waals surface area (Å²) in [7, 11) is 1.53. The van der Waals surface area contributed by atoms with Gasteiger partial charge in [0, 0.05) is 10.4 Å². The van der Waals surface area contributed by atoms with Crippen LogP contribution in [0.1, 0.15) is 37.6 Å². The molecule has 2 aromatic carbocycles. The van der Waals surface area contributed by atoms with Gasteiger partial charge >= 0.3 is 0 Å². The Hall–Kier alpha value is -2.45. The van der Waals surface area contributed by atoms with Crippen LogP contribution in [-0.2, 0) is 0 Å². The molecule has 31 heavy (non-hydrogen) atoms. The van der Waals surface area contributed by atoms with Gasteiger partial charge in [-0.1, -0.05) is 29.8 Å². The van der Waals surface area contributed by atoms with E-state index < -0.39 is 0 Å². The van der Waals surface area contributed by atoms with E-state index in [0.29, 0.717) is 28.2 Å². The molecule has 0 aliphatic rings. The van der Waals surface area contributed by atoms with Gasteiger partial charge in [-0.2, -0.15) is 15.0 Å². The maximum Gasteiger partial charge on any atom is 0.282 e. The van der Waals surface area contributed by atoms with Crippen molar-refractivity contribution in [2.24, 2.45) is 5.10 Å². The molecule has 3 aromatic rings. The Bertz CT molecular complexity index is 1250. The Morgan fingerprint density at radius 1 is 1.39 bits per heavy atom. The van der Waals surface area contributed by atoms with Gasteiger partial charge in [0.05, 0.1) is 27.8 Å². The molecule has 0 saturated carbocycles. The zero-order valence-electron chi connectivity index (χ0n) is 17.2. The quantitative estimate of drug-likeness (QED) is 0.281. The van der Waals surface area contributed by atoms with E-state index >= 15 is 0 Å². The van der Waals surface area contributed by atoms with Crippen LogP contribution >= 0.6 is 38.5 Å². The van der Waals surface area contributed by atoms with Crippen molar-refractivity contribution in [3.63, 3.8) is 0 Å². The van der Waals surface area contributed by atoms with Gasteiger partial charge in [-0.25, -0.2) is 4.98 Å². The minimum Gasteiger partial charge on any atom is -0.493 e. The molecule has 0 unspecified atom stereocenters. The number of aromatic nitrogens is 2. The van der Waals surface area contributed by atoms with E-state index in [1.54, 1.807) is 18.3 Å². The normalized spacial score (nSPS) is 12.1. The second kappa shape index (κ2) is 10.2.